The van der Waals surface area contributed by atoms with Gasteiger partial charge in [-0.15, -0.1) is 34.2 Å². The van der Waals surface area contributed by atoms with E-state index in [1.807, 2.05) is 24.3 Å². The third-order valence-electron chi connectivity index (χ3n) is 3.65. The molecule has 0 amide bonds. The summed E-state index contributed by atoms with van der Waals surface area (Å²) in [4.78, 5) is 4.35. The highest BCUT2D eigenvalue weighted by molar-refractivity contribution is 14.0. The molecule has 1 aromatic heterocycles. The van der Waals surface area contributed by atoms with E-state index in [4.69, 9.17) is 5.73 Å². The fourth-order valence-electron chi connectivity index (χ4n) is 2.47. The molecule has 2 aromatic rings. The number of fused-ring (bicyclic) bond motifs is 1. The number of aliphatic imine (C=N–C) groups is 1. The number of guanidine groups is 1. The topological polar surface area (TPSA) is 81.1 Å². The van der Waals surface area contributed by atoms with Crippen molar-refractivity contribution in [3.8, 4) is 0 Å². The predicted molar refractivity (Wildman–Crippen MR) is 98.5 cm³/mol. The van der Waals surface area contributed by atoms with Crippen LogP contribution in [-0.4, -0.2) is 20.7 Å². The van der Waals surface area contributed by atoms with Crippen LogP contribution in [0.25, 0.3) is 0 Å². The maximum absolute atomic E-state index is 5.92. The standard InChI is InChI=1S/C15H20N6.HI/c1-11-5-7-12(8-6-11)18-15(16)17-10-14-20-19-13-4-2-3-9-21(13)14;/h5-8H,2-4,9-10H2,1H3,(H3,16,17,18);1H. The van der Waals surface area contributed by atoms with Gasteiger partial charge in [0.1, 0.15) is 12.4 Å². The van der Waals surface area contributed by atoms with Gasteiger partial charge in [0.05, 0.1) is 0 Å². The number of halogens is 1. The van der Waals surface area contributed by atoms with Gasteiger partial charge < -0.3 is 15.6 Å². The van der Waals surface area contributed by atoms with Crippen molar-refractivity contribution in [3.05, 3.63) is 41.5 Å². The van der Waals surface area contributed by atoms with E-state index in [0.717, 1.165) is 30.3 Å². The van der Waals surface area contributed by atoms with Crippen LogP contribution in [0.3, 0.4) is 0 Å². The number of nitrogens with zero attached hydrogens (tertiary/aromatic N) is 4. The maximum atomic E-state index is 5.92. The Morgan fingerprint density at radius 3 is 2.82 bits per heavy atom. The Hall–Kier alpha value is -1.64. The predicted octanol–water partition coefficient (Wildman–Crippen LogP) is 2.47. The third-order valence-corrected chi connectivity index (χ3v) is 3.65. The zero-order valence-electron chi connectivity index (χ0n) is 12.6. The minimum Gasteiger partial charge on any atom is -0.370 e. The highest BCUT2D eigenvalue weighted by atomic mass is 127. The second-order valence-corrected chi connectivity index (χ2v) is 5.33. The molecule has 0 fully saturated rings. The van der Waals surface area contributed by atoms with Crippen molar-refractivity contribution in [2.45, 2.75) is 39.3 Å². The highest BCUT2D eigenvalue weighted by Gasteiger charge is 2.14. The van der Waals surface area contributed by atoms with Gasteiger partial charge in [-0.05, 0) is 31.9 Å². The molecule has 0 atom stereocenters. The molecule has 0 aliphatic carbocycles. The van der Waals surface area contributed by atoms with Crippen molar-refractivity contribution in [1.29, 1.82) is 0 Å². The van der Waals surface area contributed by atoms with Crippen LogP contribution < -0.4 is 11.1 Å². The van der Waals surface area contributed by atoms with Crippen LogP contribution in [0.4, 0.5) is 5.69 Å². The van der Waals surface area contributed by atoms with Crippen molar-refractivity contribution in [1.82, 2.24) is 14.8 Å². The van der Waals surface area contributed by atoms with Gasteiger partial charge in [0.2, 0.25) is 0 Å². The summed E-state index contributed by atoms with van der Waals surface area (Å²) in [5.41, 5.74) is 8.07. The molecule has 0 unspecified atom stereocenters. The van der Waals surface area contributed by atoms with Crippen LogP contribution >= 0.6 is 24.0 Å². The summed E-state index contributed by atoms with van der Waals surface area (Å²) >= 11 is 0. The number of benzene rings is 1. The normalized spacial score (nSPS) is 14.1. The Kier molecular flexibility index (Phi) is 5.76. The van der Waals surface area contributed by atoms with Crippen LogP contribution in [0, 0.1) is 6.92 Å². The molecule has 0 saturated heterocycles. The lowest BCUT2D eigenvalue weighted by Gasteiger charge is -2.14. The second kappa shape index (κ2) is 7.57. The number of rotatable bonds is 3. The molecule has 6 nitrogen and oxygen atoms in total. The number of hydrogen-bond donors (Lipinski definition) is 2. The second-order valence-electron chi connectivity index (χ2n) is 5.33. The molecule has 3 N–H and O–H groups in total. The number of nitrogens with one attached hydrogen (secondary N) is 1. The minimum absolute atomic E-state index is 0. The Labute approximate surface area is 147 Å². The zero-order valence-corrected chi connectivity index (χ0v) is 14.9. The first-order valence-electron chi connectivity index (χ1n) is 7.27. The van der Waals surface area contributed by atoms with Crippen LogP contribution in [0.1, 0.15) is 30.1 Å². The largest absolute Gasteiger partial charge is 0.370 e. The van der Waals surface area contributed by atoms with E-state index in [0.29, 0.717) is 12.5 Å². The summed E-state index contributed by atoms with van der Waals surface area (Å²) in [7, 11) is 0. The van der Waals surface area contributed by atoms with Crippen molar-refractivity contribution in [2.24, 2.45) is 10.7 Å². The molecule has 1 aliphatic rings. The summed E-state index contributed by atoms with van der Waals surface area (Å²) in [6, 6.07) is 8.03. The van der Waals surface area contributed by atoms with Crippen LogP contribution in [0.2, 0.25) is 0 Å². The highest BCUT2D eigenvalue weighted by Crippen LogP contribution is 2.14. The molecule has 0 spiro atoms. The molecule has 7 heteroatoms. The SMILES string of the molecule is Cc1ccc(NC(N)=NCc2nnc3n2CCCC3)cc1.I. The van der Waals surface area contributed by atoms with E-state index in [1.54, 1.807) is 0 Å². The summed E-state index contributed by atoms with van der Waals surface area (Å²) in [6.07, 6.45) is 3.38. The van der Waals surface area contributed by atoms with E-state index >= 15 is 0 Å². The Morgan fingerprint density at radius 2 is 2.05 bits per heavy atom. The van der Waals surface area contributed by atoms with Gasteiger partial charge in [-0.2, -0.15) is 0 Å². The molecule has 1 aliphatic heterocycles. The fraction of sp³-hybridized carbons (Fsp3) is 0.400. The van der Waals surface area contributed by atoms with Gasteiger partial charge >= 0.3 is 0 Å². The molecule has 1 aromatic carbocycles. The van der Waals surface area contributed by atoms with Crippen LogP contribution in [0.5, 0.6) is 0 Å². The molecule has 3 rings (SSSR count). The van der Waals surface area contributed by atoms with Crippen LogP contribution in [-0.2, 0) is 19.5 Å². The first-order chi connectivity index (χ1) is 10.2. The lowest BCUT2D eigenvalue weighted by atomic mass is 10.2. The van der Waals surface area contributed by atoms with Crippen molar-refractivity contribution in [3.63, 3.8) is 0 Å². The summed E-state index contributed by atoms with van der Waals surface area (Å²) in [5, 5.41) is 11.5. The molecule has 0 radical (unpaired) electrons. The fourth-order valence-corrected chi connectivity index (χ4v) is 2.47. The third kappa shape index (κ3) is 3.96. The van der Waals surface area contributed by atoms with Gasteiger partial charge in [-0.1, -0.05) is 17.7 Å². The Balaban J connectivity index is 0.00000176. The molecular formula is C15H21IN6. The van der Waals surface area contributed by atoms with Gasteiger partial charge in [0, 0.05) is 18.7 Å². The number of anilines is 1. The van der Waals surface area contributed by atoms with Gasteiger partial charge in [0.25, 0.3) is 0 Å². The summed E-state index contributed by atoms with van der Waals surface area (Å²) in [6.45, 7) is 3.49. The van der Waals surface area contributed by atoms with E-state index in [1.165, 1.54) is 18.4 Å². The Bertz CT molecular complexity index is 647. The van der Waals surface area contributed by atoms with Gasteiger partial charge in [-0.25, -0.2) is 4.99 Å². The van der Waals surface area contributed by atoms with Crippen molar-refractivity contribution < 1.29 is 0 Å². The number of aromatic nitrogens is 3. The molecule has 0 saturated carbocycles. The van der Waals surface area contributed by atoms with E-state index in [2.05, 4.69) is 32.0 Å². The zero-order chi connectivity index (χ0) is 14.7. The van der Waals surface area contributed by atoms with E-state index in [9.17, 15) is 0 Å². The first-order valence-corrected chi connectivity index (χ1v) is 7.27. The monoisotopic (exact) mass is 412 g/mol. The number of aryl methyl sites for hydroxylation is 2. The van der Waals surface area contributed by atoms with Crippen LogP contribution in [0.15, 0.2) is 29.3 Å². The molecule has 22 heavy (non-hydrogen) atoms. The van der Waals surface area contributed by atoms with Crippen molar-refractivity contribution >= 4 is 35.6 Å². The number of nitrogens with two attached hydrogens (primary N) is 1. The average Bonchev–Trinajstić information content (AvgIpc) is 2.91. The average molecular weight is 412 g/mol. The molecule has 2 heterocycles. The number of hydrogen-bond acceptors (Lipinski definition) is 3. The lowest BCUT2D eigenvalue weighted by Crippen LogP contribution is -2.23. The summed E-state index contributed by atoms with van der Waals surface area (Å²) < 4.78 is 2.16. The molecule has 118 valence electrons. The minimum atomic E-state index is 0. The molecular weight excluding hydrogens is 391 g/mol. The first kappa shape index (κ1) is 16.7. The quantitative estimate of drug-likeness (QED) is 0.461. The van der Waals surface area contributed by atoms with Gasteiger partial charge in [-0.3, -0.25) is 0 Å². The lowest BCUT2D eigenvalue weighted by molar-refractivity contribution is 0.508. The maximum Gasteiger partial charge on any atom is 0.193 e. The Morgan fingerprint density at radius 1 is 1.27 bits per heavy atom. The summed E-state index contributed by atoms with van der Waals surface area (Å²) in [5.74, 6) is 2.35. The van der Waals surface area contributed by atoms with Crippen molar-refractivity contribution in [2.75, 3.05) is 5.32 Å². The smallest absolute Gasteiger partial charge is 0.193 e. The van der Waals surface area contributed by atoms with Gasteiger partial charge in [0.15, 0.2) is 11.8 Å². The molecule has 0 bridgehead atoms. The van der Waals surface area contributed by atoms with E-state index < -0.39 is 0 Å². The van der Waals surface area contributed by atoms with E-state index in [-0.39, 0.29) is 24.0 Å².